The van der Waals surface area contributed by atoms with Crippen LogP contribution in [0.3, 0.4) is 0 Å². The van der Waals surface area contributed by atoms with E-state index in [0.717, 1.165) is 37.5 Å². The first kappa shape index (κ1) is 13.3. The van der Waals surface area contributed by atoms with E-state index in [-0.39, 0.29) is 5.92 Å². The quantitative estimate of drug-likeness (QED) is 0.802. The van der Waals surface area contributed by atoms with E-state index in [9.17, 15) is 4.79 Å². The highest BCUT2D eigenvalue weighted by Gasteiger charge is 2.25. The lowest BCUT2D eigenvalue weighted by Gasteiger charge is -2.25. The van der Waals surface area contributed by atoms with Gasteiger partial charge in [-0.25, -0.2) is 4.98 Å². The van der Waals surface area contributed by atoms with E-state index in [1.807, 2.05) is 6.20 Å². The maximum Gasteiger partial charge on any atom is 0.143 e. The Labute approximate surface area is 110 Å². The van der Waals surface area contributed by atoms with Gasteiger partial charge in [0.15, 0.2) is 0 Å². The number of aryl methyl sites for hydroxylation is 1. The van der Waals surface area contributed by atoms with E-state index >= 15 is 0 Å². The van der Waals surface area contributed by atoms with Crippen LogP contribution < -0.4 is 0 Å². The van der Waals surface area contributed by atoms with Crippen molar-refractivity contribution in [3.8, 4) is 0 Å². The van der Waals surface area contributed by atoms with E-state index in [1.165, 1.54) is 12.8 Å². The van der Waals surface area contributed by atoms with Gasteiger partial charge in [-0.15, -0.1) is 0 Å². The highest BCUT2D eigenvalue weighted by atomic mass is 16.1. The van der Waals surface area contributed by atoms with Crippen molar-refractivity contribution in [2.45, 2.75) is 58.9 Å². The van der Waals surface area contributed by atoms with Crippen molar-refractivity contribution in [3.63, 3.8) is 0 Å². The Kier molecular flexibility index (Phi) is 4.56. The molecule has 18 heavy (non-hydrogen) atoms. The maximum atomic E-state index is 12.3. The molecule has 1 aromatic heterocycles. The molecule has 3 heteroatoms. The first-order valence-corrected chi connectivity index (χ1v) is 7.23. The number of hydrogen-bond donors (Lipinski definition) is 0. The van der Waals surface area contributed by atoms with Gasteiger partial charge in [-0.3, -0.25) is 4.79 Å². The molecule has 0 atom stereocenters. The number of aromatic nitrogens is 2. The number of hydrogen-bond acceptors (Lipinski definition) is 2. The highest BCUT2D eigenvalue weighted by Crippen LogP contribution is 2.29. The summed E-state index contributed by atoms with van der Waals surface area (Å²) in [6.07, 6.45) is 9.96. The Morgan fingerprint density at radius 2 is 2.11 bits per heavy atom. The first-order chi connectivity index (χ1) is 8.70. The van der Waals surface area contributed by atoms with Crippen molar-refractivity contribution >= 4 is 5.78 Å². The molecular formula is C15H24N2O. The van der Waals surface area contributed by atoms with E-state index < -0.39 is 0 Å². The Balaban J connectivity index is 1.92. The van der Waals surface area contributed by atoms with Crippen LogP contribution in [0, 0.1) is 11.8 Å². The summed E-state index contributed by atoms with van der Waals surface area (Å²) in [6.45, 7) is 5.40. The zero-order chi connectivity index (χ0) is 13.0. The van der Waals surface area contributed by atoms with Gasteiger partial charge < -0.3 is 4.57 Å². The fourth-order valence-corrected chi connectivity index (χ4v) is 2.83. The topological polar surface area (TPSA) is 34.9 Å². The minimum Gasteiger partial charge on any atom is -0.335 e. The van der Waals surface area contributed by atoms with Gasteiger partial charge in [0.2, 0.25) is 0 Å². The lowest BCUT2D eigenvalue weighted by molar-refractivity contribution is -0.123. The van der Waals surface area contributed by atoms with Crippen LogP contribution in [0.5, 0.6) is 0 Å². The number of nitrogens with zero attached hydrogens (tertiary/aromatic N) is 2. The summed E-state index contributed by atoms with van der Waals surface area (Å²) >= 11 is 0. The predicted molar refractivity (Wildman–Crippen MR) is 72.4 cm³/mol. The molecule has 0 unspecified atom stereocenters. The zero-order valence-corrected chi connectivity index (χ0v) is 11.6. The van der Waals surface area contributed by atoms with E-state index in [1.54, 1.807) is 6.20 Å². The normalized spacial score (nSPS) is 24.1. The molecule has 3 nitrogen and oxygen atoms in total. The van der Waals surface area contributed by atoms with Crippen LogP contribution in [0.2, 0.25) is 0 Å². The van der Waals surface area contributed by atoms with Gasteiger partial charge in [0, 0.05) is 24.9 Å². The van der Waals surface area contributed by atoms with Crippen molar-refractivity contribution in [3.05, 3.63) is 18.2 Å². The van der Waals surface area contributed by atoms with Crippen LogP contribution in [0.15, 0.2) is 12.4 Å². The second-order valence-electron chi connectivity index (χ2n) is 5.64. The summed E-state index contributed by atoms with van der Waals surface area (Å²) in [7, 11) is 0. The van der Waals surface area contributed by atoms with Crippen LogP contribution in [0.25, 0.3) is 0 Å². The fourth-order valence-electron chi connectivity index (χ4n) is 2.83. The molecule has 1 aliphatic rings. The summed E-state index contributed by atoms with van der Waals surface area (Å²) in [4.78, 5) is 16.6. The Morgan fingerprint density at radius 1 is 1.39 bits per heavy atom. The molecule has 0 N–H and O–H groups in total. The molecule has 0 spiro atoms. The molecule has 0 saturated heterocycles. The largest absolute Gasteiger partial charge is 0.335 e. The lowest BCUT2D eigenvalue weighted by atomic mass is 9.80. The van der Waals surface area contributed by atoms with Crippen molar-refractivity contribution in [2.75, 3.05) is 0 Å². The average Bonchev–Trinajstić information content (AvgIpc) is 2.78. The minimum absolute atomic E-state index is 0.285. The van der Waals surface area contributed by atoms with Gasteiger partial charge >= 0.3 is 0 Å². The van der Waals surface area contributed by atoms with E-state index in [0.29, 0.717) is 12.2 Å². The van der Waals surface area contributed by atoms with Crippen LogP contribution in [-0.4, -0.2) is 15.3 Å². The number of carbonyl (C=O) groups excluding carboxylic acids is 1. The van der Waals surface area contributed by atoms with Crippen molar-refractivity contribution in [1.82, 2.24) is 9.55 Å². The number of ketones is 1. The van der Waals surface area contributed by atoms with Gasteiger partial charge in [-0.1, -0.05) is 26.7 Å². The third-order valence-electron chi connectivity index (χ3n) is 4.07. The predicted octanol–water partition coefficient (Wildman–Crippen LogP) is 3.23. The molecule has 1 fully saturated rings. The number of carbonyl (C=O) groups is 1. The van der Waals surface area contributed by atoms with Gasteiger partial charge in [-0.05, 0) is 25.2 Å². The lowest BCUT2D eigenvalue weighted by Crippen LogP contribution is -2.23. The molecule has 0 aliphatic heterocycles. The Bertz CT molecular complexity index is 389. The first-order valence-electron chi connectivity index (χ1n) is 7.23. The summed E-state index contributed by atoms with van der Waals surface area (Å²) < 4.78 is 2.11. The molecule has 0 aromatic carbocycles. The van der Waals surface area contributed by atoms with Crippen LogP contribution in [0.1, 0.15) is 51.8 Å². The van der Waals surface area contributed by atoms with Gasteiger partial charge in [0.05, 0.1) is 6.42 Å². The standard InChI is InChI=1S/C15H24N2O/c1-3-9-17-10-8-16-15(17)11-14(18)13-6-4-12(2)5-7-13/h8,10,12-13H,3-7,9,11H2,1-2H3. The smallest absolute Gasteiger partial charge is 0.143 e. The molecule has 0 radical (unpaired) electrons. The van der Waals surface area contributed by atoms with Gasteiger partial charge in [0.25, 0.3) is 0 Å². The number of imidazole rings is 1. The zero-order valence-electron chi connectivity index (χ0n) is 11.6. The molecule has 0 amide bonds. The second-order valence-corrected chi connectivity index (χ2v) is 5.64. The van der Waals surface area contributed by atoms with E-state index in [4.69, 9.17) is 0 Å². The summed E-state index contributed by atoms with van der Waals surface area (Å²) in [6, 6.07) is 0. The highest BCUT2D eigenvalue weighted by molar-refractivity contribution is 5.82. The summed E-state index contributed by atoms with van der Waals surface area (Å²) in [5, 5.41) is 0. The molecule has 1 saturated carbocycles. The Hall–Kier alpha value is -1.12. The summed E-state index contributed by atoms with van der Waals surface area (Å²) in [5.41, 5.74) is 0. The molecule has 100 valence electrons. The number of rotatable bonds is 5. The van der Waals surface area contributed by atoms with Gasteiger partial charge in [0.1, 0.15) is 11.6 Å². The molecule has 1 aliphatic carbocycles. The van der Waals surface area contributed by atoms with Gasteiger partial charge in [-0.2, -0.15) is 0 Å². The third kappa shape index (κ3) is 3.21. The van der Waals surface area contributed by atoms with Crippen LogP contribution in [-0.2, 0) is 17.8 Å². The molecular weight excluding hydrogens is 224 g/mol. The van der Waals surface area contributed by atoms with Crippen molar-refractivity contribution < 1.29 is 4.79 Å². The fraction of sp³-hybridized carbons (Fsp3) is 0.733. The maximum absolute atomic E-state index is 12.3. The molecule has 2 rings (SSSR count). The molecule has 1 heterocycles. The minimum atomic E-state index is 0.285. The van der Waals surface area contributed by atoms with Crippen LogP contribution >= 0.6 is 0 Å². The monoisotopic (exact) mass is 248 g/mol. The SMILES string of the molecule is CCCn1ccnc1CC(=O)C1CCC(C)CC1. The summed E-state index contributed by atoms with van der Waals surface area (Å²) in [5.74, 6) is 2.43. The molecule has 0 bridgehead atoms. The number of Topliss-reactive ketones (excluding diaryl/α,β-unsaturated/α-hetero) is 1. The molecule has 1 aromatic rings. The van der Waals surface area contributed by atoms with E-state index in [2.05, 4.69) is 23.4 Å². The van der Waals surface area contributed by atoms with Crippen molar-refractivity contribution in [1.29, 1.82) is 0 Å². The average molecular weight is 248 g/mol. The van der Waals surface area contributed by atoms with Crippen LogP contribution in [0.4, 0.5) is 0 Å². The Morgan fingerprint density at radius 3 is 2.78 bits per heavy atom. The van der Waals surface area contributed by atoms with Crippen molar-refractivity contribution in [2.24, 2.45) is 11.8 Å². The second kappa shape index (κ2) is 6.17. The third-order valence-corrected chi connectivity index (χ3v) is 4.07.